The zero-order valence-corrected chi connectivity index (χ0v) is 11.9. The average Bonchev–Trinajstić information content (AvgIpc) is 3.14. The minimum Gasteiger partial charge on any atom is -0.315 e. The van der Waals surface area contributed by atoms with Crippen LogP contribution >= 0.6 is 0 Å². The van der Waals surface area contributed by atoms with Crippen molar-refractivity contribution >= 4 is 17.4 Å². The SMILES string of the molecule is O=C(Nc1ccnc2ccnn12)[C@@]12CCCC[C@H]1CNC2. The number of aromatic nitrogens is 3. The van der Waals surface area contributed by atoms with Crippen LogP contribution in [-0.4, -0.2) is 33.6 Å². The van der Waals surface area contributed by atoms with E-state index in [0.717, 1.165) is 38.0 Å². The molecular formula is C15H19N5O. The smallest absolute Gasteiger partial charge is 0.233 e. The Bertz CT molecular complexity index is 682. The summed E-state index contributed by atoms with van der Waals surface area (Å²) in [4.78, 5) is 17.1. The van der Waals surface area contributed by atoms with E-state index in [1.807, 2.05) is 6.07 Å². The molecule has 2 N–H and O–H groups in total. The van der Waals surface area contributed by atoms with Crippen LogP contribution in [0.5, 0.6) is 0 Å². The summed E-state index contributed by atoms with van der Waals surface area (Å²) >= 11 is 0. The van der Waals surface area contributed by atoms with Crippen molar-refractivity contribution in [1.82, 2.24) is 19.9 Å². The molecule has 6 heteroatoms. The third kappa shape index (κ3) is 1.93. The molecule has 1 saturated carbocycles. The monoisotopic (exact) mass is 285 g/mol. The topological polar surface area (TPSA) is 71.3 Å². The zero-order chi connectivity index (χ0) is 14.3. The van der Waals surface area contributed by atoms with E-state index in [4.69, 9.17) is 0 Å². The molecule has 2 aromatic heterocycles. The Kier molecular flexibility index (Phi) is 2.92. The number of hydrogen-bond donors (Lipinski definition) is 2. The fraction of sp³-hybridized carbons (Fsp3) is 0.533. The van der Waals surface area contributed by atoms with Crippen LogP contribution in [0.2, 0.25) is 0 Å². The van der Waals surface area contributed by atoms with Crippen molar-refractivity contribution in [1.29, 1.82) is 0 Å². The highest BCUT2D eigenvalue weighted by molar-refractivity contribution is 5.95. The number of hydrogen-bond acceptors (Lipinski definition) is 4. The van der Waals surface area contributed by atoms with Crippen LogP contribution in [0.1, 0.15) is 25.7 Å². The van der Waals surface area contributed by atoms with Crippen molar-refractivity contribution in [3.05, 3.63) is 24.5 Å². The summed E-state index contributed by atoms with van der Waals surface area (Å²) < 4.78 is 1.68. The van der Waals surface area contributed by atoms with Gasteiger partial charge in [-0.2, -0.15) is 9.61 Å². The lowest BCUT2D eigenvalue weighted by atomic mass is 9.67. The van der Waals surface area contributed by atoms with Gasteiger partial charge in [0.05, 0.1) is 11.6 Å². The first-order valence-corrected chi connectivity index (χ1v) is 7.60. The molecule has 0 unspecified atom stereocenters. The van der Waals surface area contributed by atoms with Gasteiger partial charge in [-0.3, -0.25) is 4.79 Å². The molecular weight excluding hydrogens is 266 g/mol. The molecule has 21 heavy (non-hydrogen) atoms. The third-order valence-electron chi connectivity index (χ3n) is 5.02. The molecule has 1 aliphatic carbocycles. The Balaban J connectivity index is 1.64. The van der Waals surface area contributed by atoms with Gasteiger partial charge in [0, 0.05) is 18.8 Å². The molecule has 1 amide bonds. The molecule has 3 heterocycles. The predicted molar refractivity (Wildman–Crippen MR) is 78.9 cm³/mol. The van der Waals surface area contributed by atoms with E-state index in [1.54, 1.807) is 23.0 Å². The average molecular weight is 285 g/mol. The zero-order valence-electron chi connectivity index (χ0n) is 11.9. The molecule has 6 nitrogen and oxygen atoms in total. The molecule has 0 spiro atoms. The van der Waals surface area contributed by atoms with Crippen LogP contribution in [0.3, 0.4) is 0 Å². The van der Waals surface area contributed by atoms with Crippen molar-refractivity contribution in [3.8, 4) is 0 Å². The molecule has 0 bridgehead atoms. The van der Waals surface area contributed by atoms with Crippen molar-refractivity contribution in [3.63, 3.8) is 0 Å². The van der Waals surface area contributed by atoms with Gasteiger partial charge in [0.2, 0.25) is 5.91 Å². The van der Waals surface area contributed by atoms with Crippen LogP contribution in [-0.2, 0) is 4.79 Å². The summed E-state index contributed by atoms with van der Waals surface area (Å²) in [6.45, 7) is 1.75. The molecule has 1 saturated heterocycles. The summed E-state index contributed by atoms with van der Waals surface area (Å²) in [6.07, 6.45) is 7.89. The highest BCUT2D eigenvalue weighted by Crippen LogP contribution is 2.44. The van der Waals surface area contributed by atoms with Crippen molar-refractivity contribution in [2.24, 2.45) is 11.3 Å². The highest BCUT2D eigenvalue weighted by Gasteiger charge is 2.49. The maximum absolute atomic E-state index is 12.9. The van der Waals surface area contributed by atoms with Crippen LogP contribution in [0.25, 0.3) is 5.65 Å². The quantitative estimate of drug-likeness (QED) is 0.876. The largest absolute Gasteiger partial charge is 0.315 e. The number of nitrogens with one attached hydrogen (secondary N) is 2. The number of anilines is 1. The van der Waals surface area contributed by atoms with Gasteiger partial charge in [0.1, 0.15) is 5.82 Å². The molecule has 0 aromatic carbocycles. The van der Waals surface area contributed by atoms with Gasteiger partial charge in [-0.1, -0.05) is 12.8 Å². The molecule has 4 rings (SSSR count). The summed E-state index contributed by atoms with van der Waals surface area (Å²) in [5, 5.41) is 10.7. The fourth-order valence-corrected chi connectivity index (χ4v) is 3.86. The maximum Gasteiger partial charge on any atom is 0.233 e. The Morgan fingerprint density at radius 3 is 3.29 bits per heavy atom. The van der Waals surface area contributed by atoms with Crippen LogP contribution in [0, 0.1) is 11.3 Å². The Hall–Kier alpha value is -1.95. The summed E-state index contributed by atoms with van der Waals surface area (Å²) in [6, 6.07) is 3.63. The third-order valence-corrected chi connectivity index (χ3v) is 5.02. The minimum atomic E-state index is -0.249. The van der Waals surface area contributed by atoms with Crippen LogP contribution in [0.15, 0.2) is 24.5 Å². The van der Waals surface area contributed by atoms with Crippen molar-refractivity contribution in [2.45, 2.75) is 25.7 Å². The van der Waals surface area contributed by atoms with Crippen LogP contribution in [0.4, 0.5) is 5.82 Å². The standard InChI is InChI=1S/C15H19N5O/c21-14(15-6-2-1-3-11(15)9-16-10-15)19-13-4-7-17-12-5-8-18-20(12)13/h4-5,7-8,11,16H,1-3,6,9-10H2,(H,19,21)/t11-,15+/m0/s1. The number of carbonyl (C=O) groups excluding carboxylic acids is 1. The van der Waals surface area contributed by atoms with Crippen LogP contribution < -0.4 is 10.6 Å². The van der Waals surface area contributed by atoms with Gasteiger partial charge in [0.25, 0.3) is 0 Å². The van der Waals surface area contributed by atoms with Gasteiger partial charge in [-0.05, 0) is 31.4 Å². The summed E-state index contributed by atoms with van der Waals surface area (Å²) in [5.41, 5.74) is 0.496. The lowest BCUT2D eigenvalue weighted by Crippen LogP contribution is -2.44. The summed E-state index contributed by atoms with van der Waals surface area (Å²) in [7, 11) is 0. The molecule has 2 aromatic rings. The van der Waals surface area contributed by atoms with Crippen molar-refractivity contribution < 1.29 is 4.79 Å². The first kappa shape index (κ1) is 12.8. The van der Waals surface area contributed by atoms with E-state index >= 15 is 0 Å². The highest BCUT2D eigenvalue weighted by atomic mass is 16.2. The summed E-state index contributed by atoms with van der Waals surface area (Å²) in [5.74, 6) is 1.28. The fourth-order valence-electron chi connectivity index (χ4n) is 3.86. The number of fused-ring (bicyclic) bond motifs is 2. The second-order valence-corrected chi connectivity index (χ2v) is 6.12. The second kappa shape index (κ2) is 4.80. The molecule has 2 aliphatic rings. The first-order valence-electron chi connectivity index (χ1n) is 7.60. The number of carbonyl (C=O) groups is 1. The number of rotatable bonds is 2. The normalized spacial score (nSPS) is 28.5. The first-order chi connectivity index (χ1) is 10.3. The second-order valence-electron chi connectivity index (χ2n) is 6.12. The molecule has 0 radical (unpaired) electrons. The van der Waals surface area contributed by atoms with Gasteiger partial charge >= 0.3 is 0 Å². The number of nitrogens with zero attached hydrogens (tertiary/aromatic N) is 3. The lowest BCUT2D eigenvalue weighted by Gasteiger charge is -2.37. The predicted octanol–water partition coefficient (Wildman–Crippen LogP) is 1.45. The van der Waals surface area contributed by atoms with Crippen molar-refractivity contribution in [2.75, 3.05) is 18.4 Å². The lowest BCUT2D eigenvalue weighted by molar-refractivity contribution is -0.128. The number of amides is 1. The minimum absolute atomic E-state index is 0.125. The molecule has 1 aliphatic heterocycles. The van der Waals surface area contributed by atoms with Gasteiger partial charge in [-0.25, -0.2) is 4.98 Å². The van der Waals surface area contributed by atoms with E-state index in [1.165, 1.54) is 6.42 Å². The van der Waals surface area contributed by atoms with Gasteiger partial charge < -0.3 is 10.6 Å². The van der Waals surface area contributed by atoms with E-state index in [-0.39, 0.29) is 11.3 Å². The molecule has 2 atom stereocenters. The molecule has 2 fully saturated rings. The van der Waals surface area contributed by atoms with E-state index in [9.17, 15) is 4.79 Å². The Morgan fingerprint density at radius 2 is 2.33 bits per heavy atom. The van der Waals surface area contributed by atoms with E-state index in [2.05, 4.69) is 20.7 Å². The van der Waals surface area contributed by atoms with E-state index < -0.39 is 0 Å². The van der Waals surface area contributed by atoms with Gasteiger partial charge in [0.15, 0.2) is 5.65 Å². The van der Waals surface area contributed by atoms with Gasteiger partial charge in [-0.15, -0.1) is 0 Å². The Labute approximate surface area is 122 Å². The Morgan fingerprint density at radius 1 is 1.38 bits per heavy atom. The maximum atomic E-state index is 12.9. The van der Waals surface area contributed by atoms with E-state index in [0.29, 0.717) is 11.7 Å². The molecule has 110 valence electrons.